The summed E-state index contributed by atoms with van der Waals surface area (Å²) in [5.74, 6) is 2.28. The van der Waals surface area contributed by atoms with E-state index in [1.54, 1.807) is 0 Å². The molecule has 4 nitrogen and oxygen atoms in total. The number of amides is 1. The van der Waals surface area contributed by atoms with Crippen molar-refractivity contribution < 1.29 is 9.00 Å². The maximum atomic E-state index is 12.8. The molecule has 0 spiro atoms. The van der Waals surface area contributed by atoms with Crippen LogP contribution in [0.25, 0.3) is 0 Å². The monoisotopic (exact) mass is 300 g/mol. The highest BCUT2D eigenvalue weighted by molar-refractivity contribution is 7.85. The number of nitrogens with one attached hydrogen (secondary N) is 1. The van der Waals surface area contributed by atoms with Gasteiger partial charge in [0, 0.05) is 28.3 Å². The zero-order chi connectivity index (χ0) is 14.9. The van der Waals surface area contributed by atoms with E-state index in [9.17, 15) is 9.00 Å². The average molecular weight is 300 g/mol. The third-order valence-corrected chi connectivity index (χ3v) is 6.06. The predicted octanol–water partition coefficient (Wildman–Crippen LogP) is 1.87. The van der Waals surface area contributed by atoms with Gasteiger partial charge >= 0.3 is 0 Å². The highest BCUT2D eigenvalue weighted by Crippen LogP contribution is 2.31. The second kappa shape index (κ2) is 6.14. The number of carbonyl (C=O) groups is 1. The SMILES string of the molecule is CCC1(C)NC(CC(C)C)N(C2CCS(=O)CC2)C1=O. The van der Waals surface area contributed by atoms with Gasteiger partial charge in [-0.2, -0.15) is 0 Å². The lowest BCUT2D eigenvalue weighted by molar-refractivity contribution is -0.135. The molecule has 0 bridgehead atoms. The first-order valence-electron chi connectivity index (χ1n) is 7.83. The van der Waals surface area contributed by atoms with E-state index in [1.165, 1.54) is 0 Å². The molecule has 1 amide bonds. The van der Waals surface area contributed by atoms with E-state index in [2.05, 4.69) is 31.0 Å². The number of hydrogen-bond donors (Lipinski definition) is 1. The minimum absolute atomic E-state index is 0.143. The Morgan fingerprint density at radius 3 is 2.50 bits per heavy atom. The summed E-state index contributed by atoms with van der Waals surface area (Å²) in [6.07, 6.45) is 3.71. The minimum Gasteiger partial charge on any atom is -0.322 e. The molecule has 20 heavy (non-hydrogen) atoms. The Labute approximate surface area is 125 Å². The third-order valence-electron chi connectivity index (χ3n) is 4.68. The Morgan fingerprint density at radius 1 is 1.40 bits per heavy atom. The highest BCUT2D eigenvalue weighted by atomic mass is 32.2. The summed E-state index contributed by atoms with van der Waals surface area (Å²) in [6.45, 7) is 8.48. The van der Waals surface area contributed by atoms with Crippen LogP contribution in [0.5, 0.6) is 0 Å². The molecular weight excluding hydrogens is 272 g/mol. The van der Waals surface area contributed by atoms with Crippen LogP contribution in [0, 0.1) is 5.92 Å². The van der Waals surface area contributed by atoms with Gasteiger partial charge in [-0.05, 0) is 38.5 Å². The summed E-state index contributed by atoms with van der Waals surface area (Å²) in [4.78, 5) is 14.9. The molecule has 116 valence electrons. The van der Waals surface area contributed by atoms with Crippen molar-refractivity contribution in [3.63, 3.8) is 0 Å². The fourth-order valence-corrected chi connectivity index (χ4v) is 4.55. The first-order valence-corrected chi connectivity index (χ1v) is 9.31. The van der Waals surface area contributed by atoms with Gasteiger partial charge < -0.3 is 4.90 Å². The lowest BCUT2D eigenvalue weighted by atomic mass is 9.98. The predicted molar refractivity (Wildman–Crippen MR) is 82.8 cm³/mol. The van der Waals surface area contributed by atoms with Gasteiger partial charge in [0.25, 0.3) is 0 Å². The molecule has 0 aromatic rings. The Bertz CT molecular complexity index is 389. The number of hydrogen-bond acceptors (Lipinski definition) is 3. The summed E-state index contributed by atoms with van der Waals surface area (Å²) in [6, 6.07) is 0.268. The van der Waals surface area contributed by atoms with E-state index in [0.29, 0.717) is 5.92 Å². The van der Waals surface area contributed by atoms with E-state index >= 15 is 0 Å². The molecule has 2 rings (SSSR count). The Hall–Kier alpha value is -0.420. The van der Waals surface area contributed by atoms with Gasteiger partial charge in [-0.3, -0.25) is 14.3 Å². The lowest BCUT2D eigenvalue weighted by Gasteiger charge is -2.35. The molecule has 2 heterocycles. The molecule has 2 atom stereocenters. The van der Waals surface area contributed by atoms with Gasteiger partial charge in [-0.1, -0.05) is 20.8 Å². The second-order valence-corrected chi connectivity index (χ2v) is 8.46. The van der Waals surface area contributed by atoms with E-state index in [-0.39, 0.29) is 18.1 Å². The fraction of sp³-hybridized carbons (Fsp3) is 0.933. The van der Waals surface area contributed by atoms with Crippen LogP contribution in [0.2, 0.25) is 0 Å². The Balaban J connectivity index is 2.17. The second-order valence-electron chi connectivity index (χ2n) is 6.77. The van der Waals surface area contributed by atoms with Crippen molar-refractivity contribution in [1.29, 1.82) is 0 Å². The van der Waals surface area contributed by atoms with Crippen molar-refractivity contribution in [2.45, 2.75) is 71.1 Å². The Kier molecular flexibility index (Phi) is 4.90. The van der Waals surface area contributed by atoms with Crippen LogP contribution in [0.4, 0.5) is 0 Å². The van der Waals surface area contributed by atoms with E-state index in [1.807, 2.05) is 6.92 Å². The van der Waals surface area contributed by atoms with Crippen LogP contribution in [0.15, 0.2) is 0 Å². The van der Waals surface area contributed by atoms with Crippen LogP contribution in [0.1, 0.15) is 53.4 Å². The summed E-state index contributed by atoms with van der Waals surface area (Å²) in [5, 5.41) is 3.56. The summed E-state index contributed by atoms with van der Waals surface area (Å²) < 4.78 is 11.5. The van der Waals surface area contributed by atoms with E-state index < -0.39 is 16.3 Å². The molecule has 5 heteroatoms. The average Bonchev–Trinajstić information content (AvgIpc) is 2.63. The van der Waals surface area contributed by atoms with Crippen LogP contribution >= 0.6 is 0 Å². The van der Waals surface area contributed by atoms with Crippen molar-refractivity contribution in [3.8, 4) is 0 Å². The van der Waals surface area contributed by atoms with E-state index in [0.717, 1.165) is 37.2 Å². The zero-order valence-electron chi connectivity index (χ0n) is 13.1. The van der Waals surface area contributed by atoms with Crippen molar-refractivity contribution in [2.75, 3.05) is 11.5 Å². The van der Waals surface area contributed by atoms with Crippen LogP contribution in [0.3, 0.4) is 0 Å². The molecule has 0 aromatic carbocycles. The fourth-order valence-electron chi connectivity index (χ4n) is 3.28. The van der Waals surface area contributed by atoms with Gasteiger partial charge in [-0.25, -0.2) is 0 Å². The number of nitrogens with zero attached hydrogens (tertiary/aromatic N) is 1. The molecule has 2 aliphatic heterocycles. The molecule has 0 aromatic heterocycles. The van der Waals surface area contributed by atoms with Crippen molar-refractivity contribution in [2.24, 2.45) is 5.92 Å². The van der Waals surface area contributed by atoms with E-state index in [4.69, 9.17) is 0 Å². The van der Waals surface area contributed by atoms with Crippen LogP contribution in [-0.4, -0.2) is 44.3 Å². The summed E-state index contributed by atoms with van der Waals surface area (Å²) >= 11 is 0. The van der Waals surface area contributed by atoms with Crippen molar-refractivity contribution in [3.05, 3.63) is 0 Å². The topological polar surface area (TPSA) is 49.4 Å². The maximum absolute atomic E-state index is 12.8. The van der Waals surface area contributed by atoms with Crippen LogP contribution in [-0.2, 0) is 15.6 Å². The van der Waals surface area contributed by atoms with Gasteiger partial charge in [-0.15, -0.1) is 0 Å². The molecule has 0 aliphatic carbocycles. The van der Waals surface area contributed by atoms with Crippen molar-refractivity contribution in [1.82, 2.24) is 10.2 Å². The lowest BCUT2D eigenvalue weighted by Crippen LogP contribution is -2.48. The highest BCUT2D eigenvalue weighted by Gasteiger charge is 2.49. The molecule has 2 fully saturated rings. The smallest absolute Gasteiger partial charge is 0.244 e. The summed E-state index contributed by atoms with van der Waals surface area (Å²) in [7, 11) is -0.674. The third kappa shape index (κ3) is 3.08. The molecule has 0 radical (unpaired) electrons. The summed E-state index contributed by atoms with van der Waals surface area (Å²) in [5.41, 5.74) is -0.420. The van der Waals surface area contributed by atoms with Gasteiger partial charge in [0.05, 0.1) is 11.7 Å². The number of rotatable bonds is 4. The quantitative estimate of drug-likeness (QED) is 0.862. The molecule has 2 saturated heterocycles. The number of carbonyl (C=O) groups excluding carboxylic acids is 1. The first kappa shape index (κ1) is 16.0. The molecule has 2 unspecified atom stereocenters. The van der Waals surface area contributed by atoms with Gasteiger partial charge in [0.15, 0.2) is 0 Å². The molecule has 2 aliphatic rings. The van der Waals surface area contributed by atoms with Gasteiger partial charge in [0.2, 0.25) is 5.91 Å². The molecule has 0 saturated carbocycles. The molecular formula is C15H28N2O2S. The van der Waals surface area contributed by atoms with Crippen molar-refractivity contribution >= 4 is 16.7 Å². The van der Waals surface area contributed by atoms with Crippen LogP contribution < -0.4 is 5.32 Å². The normalized spacial score (nSPS) is 38.8. The first-order chi connectivity index (χ1) is 9.37. The minimum atomic E-state index is -0.674. The maximum Gasteiger partial charge on any atom is 0.244 e. The standard InChI is InChI=1S/C15H28N2O2S/c1-5-15(4)14(18)17(13(16-15)10-11(2)3)12-6-8-20(19)9-7-12/h11-13,16H,5-10H2,1-4H3. The van der Waals surface area contributed by atoms with Gasteiger partial charge in [0.1, 0.15) is 0 Å². The largest absolute Gasteiger partial charge is 0.322 e. The Morgan fingerprint density at radius 2 is 2.00 bits per heavy atom. The zero-order valence-corrected chi connectivity index (χ0v) is 14.0. The molecule has 1 N–H and O–H groups in total.